The van der Waals surface area contributed by atoms with Gasteiger partial charge in [0.1, 0.15) is 5.75 Å². The van der Waals surface area contributed by atoms with E-state index in [4.69, 9.17) is 0 Å². The molecule has 2 N–H and O–H groups in total. The Morgan fingerprint density at radius 2 is 2.00 bits per heavy atom. The van der Waals surface area contributed by atoms with Gasteiger partial charge in [-0.15, -0.1) is 24.0 Å². The first kappa shape index (κ1) is 24.5. The number of benzene rings is 2. The van der Waals surface area contributed by atoms with Crippen molar-refractivity contribution >= 4 is 35.6 Å². The number of ether oxygens (including phenoxy) is 1. The largest absolute Gasteiger partial charge is 0.434 e. The summed E-state index contributed by atoms with van der Waals surface area (Å²) in [6, 6.07) is 11.2. The molecule has 7 nitrogen and oxygen atoms in total. The number of aryl methyl sites for hydroxylation is 1. The van der Waals surface area contributed by atoms with Crippen LogP contribution in [0.2, 0.25) is 0 Å². The van der Waals surface area contributed by atoms with Gasteiger partial charge >= 0.3 is 6.61 Å². The second-order valence-electron chi connectivity index (χ2n) is 5.97. The number of nitro groups is 1. The number of hydrogen-bond donors (Lipinski definition) is 2. The third kappa shape index (κ3) is 8.18. The van der Waals surface area contributed by atoms with Crippen molar-refractivity contribution in [2.75, 3.05) is 6.54 Å². The molecule has 0 bridgehead atoms. The van der Waals surface area contributed by atoms with Crippen LogP contribution in [-0.2, 0) is 13.1 Å². The quantitative estimate of drug-likeness (QED) is 0.177. The summed E-state index contributed by atoms with van der Waals surface area (Å²) in [5, 5.41) is 17.0. The Labute approximate surface area is 184 Å². The van der Waals surface area contributed by atoms with Crippen LogP contribution in [0.15, 0.2) is 47.5 Å². The molecule has 10 heteroatoms. The number of nitrogens with zero attached hydrogens (tertiary/aromatic N) is 2. The van der Waals surface area contributed by atoms with Crippen molar-refractivity contribution in [3.63, 3.8) is 0 Å². The lowest BCUT2D eigenvalue weighted by atomic mass is 10.1. The molecule has 0 amide bonds. The Balaban J connectivity index is 0.00000420. The molecule has 0 aromatic heterocycles. The van der Waals surface area contributed by atoms with Crippen molar-refractivity contribution in [1.29, 1.82) is 0 Å². The lowest BCUT2D eigenvalue weighted by Crippen LogP contribution is -2.36. The highest BCUT2D eigenvalue weighted by molar-refractivity contribution is 14.0. The van der Waals surface area contributed by atoms with Crippen LogP contribution in [0.1, 0.15) is 23.6 Å². The Kier molecular flexibility index (Phi) is 10.3. The van der Waals surface area contributed by atoms with Gasteiger partial charge in [-0.1, -0.05) is 29.8 Å². The molecule has 2 aromatic rings. The molecule has 0 aliphatic heterocycles. The van der Waals surface area contributed by atoms with E-state index in [0.717, 1.165) is 5.56 Å². The van der Waals surface area contributed by atoms with Crippen molar-refractivity contribution in [1.82, 2.24) is 10.6 Å². The van der Waals surface area contributed by atoms with Crippen LogP contribution in [0.25, 0.3) is 0 Å². The van der Waals surface area contributed by atoms with Crippen molar-refractivity contribution in [3.05, 3.63) is 69.3 Å². The van der Waals surface area contributed by atoms with E-state index in [1.54, 1.807) is 24.3 Å². The monoisotopic (exact) mass is 520 g/mol. The fourth-order valence-corrected chi connectivity index (χ4v) is 2.52. The number of aliphatic imine (C=N–C) groups is 1. The van der Waals surface area contributed by atoms with Gasteiger partial charge in [0.25, 0.3) is 5.69 Å². The SMILES string of the molecule is CCNC(=NCc1cccc([N+](=O)[O-])c1)NCc1cc(C)ccc1OC(F)F.I. The van der Waals surface area contributed by atoms with E-state index < -0.39 is 11.5 Å². The summed E-state index contributed by atoms with van der Waals surface area (Å²) >= 11 is 0. The molecule has 0 unspecified atom stereocenters. The molecule has 0 spiro atoms. The number of guanidine groups is 1. The number of halogens is 3. The standard InChI is InChI=1S/C19H22F2N4O3.HI/c1-3-22-19(23-11-14-5-4-6-16(10-14)25(26)27)24-12-15-9-13(2)7-8-17(15)28-18(20)21;/h4-10,18H,3,11-12H2,1-2H3,(H2,22,23,24);1H. The van der Waals surface area contributed by atoms with Gasteiger partial charge in [-0.2, -0.15) is 8.78 Å². The van der Waals surface area contributed by atoms with Gasteiger partial charge in [0.15, 0.2) is 5.96 Å². The smallest absolute Gasteiger partial charge is 0.387 e. The average Bonchev–Trinajstić information content (AvgIpc) is 2.65. The predicted molar refractivity (Wildman–Crippen MR) is 118 cm³/mol. The van der Waals surface area contributed by atoms with Gasteiger partial charge in [0.05, 0.1) is 11.5 Å². The second kappa shape index (κ2) is 12.1. The van der Waals surface area contributed by atoms with Crippen LogP contribution in [-0.4, -0.2) is 24.0 Å². The Hall–Kier alpha value is -2.50. The van der Waals surface area contributed by atoms with Gasteiger partial charge in [-0.3, -0.25) is 10.1 Å². The number of non-ortho nitro benzene ring substituents is 1. The van der Waals surface area contributed by atoms with E-state index in [-0.39, 0.29) is 48.5 Å². The summed E-state index contributed by atoms with van der Waals surface area (Å²) in [7, 11) is 0. The normalized spacial score (nSPS) is 11.0. The highest BCUT2D eigenvalue weighted by Crippen LogP contribution is 2.22. The molecule has 0 radical (unpaired) electrons. The van der Waals surface area contributed by atoms with Gasteiger partial charge in [0, 0.05) is 30.8 Å². The van der Waals surface area contributed by atoms with E-state index in [2.05, 4.69) is 20.4 Å². The maximum absolute atomic E-state index is 12.6. The number of rotatable bonds is 8. The molecule has 158 valence electrons. The number of hydrogen-bond acceptors (Lipinski definition) is 4. The summed E-state index contributed by atoms with van der Waals surface area (Å²) in [6.07, 6.45) is 0. The van der Waals surface area contributed by atoms with Crippen molar-refractivity contribution in [2.24, 2.45) is 4.99 Å². The number of nitrogens with one attached hydrogen (secondary N) is 2. The zero-order chi connectivity index (χ0) is 20.5. The van der Waals surface area contributed by atoms with E-state index >= 15 is 0 Å². The minimum atomic E-state index is -2.91. The topological polar surface area (TPSA) is 88.8 Å². The van der Waals surface area contributed by atoms with Crippen molar-refractivity contribution < 1.29 is 18.4 Å². The Morgan fingerprint density at radius 1 is 1.24 bits per heavy atom. The lowest BCUT2D eigenvalue weighted by molar-refractivity contribution is -0.384. The summed E-state index contributed by atoms with van der Waals surface area (Å²) < 4.78 is 29.7. The first-order valence-electron chi connectivity index (χ1n) is 8.69. The van der Waals surface area contributed by atoms with E-state index in [1.165, 1.54) is 18.2 Å². The first-order valence-corrected chi connectivity index (χ1v) is 8.69. The molecule has 2 aromatic carbocycles. The number of nitro benzene ring substituents is 1. The molecular formula is C19H23F2IN4O3. The van der Waals surface area contributed by atoms with Gasteiger partial charge in [0.2, 0.25) is 0 Å². The number of alkyl halides is 2. The van der Waals surface area contributed by atoms with Crippen LogP contribution in [0.5, 0.6) is 5.75 Å². The van der Waals surface area contributed by atoms with Crippen LogP contribution in [0, 0.1) is 17.0 Å². The third-order valence-corrected chi connectivity index (χ3v) is 3.76. The van der Waals surface area contributed by atoms with E-state index in [0.29, 0.717) is 23.6 Å². The zero-order valence-corrected chi connectivity index (χ0v) is 18.4. The average molecular weight is 520 g/mol. The van der Waals surface area contributed by atoms with Crippen molar-refractivity contribution in [2.45, 2.75) is 33.5 Å². The molecule has 0 aliphatic rings. The molecule has 0 heterocycles. The fraction of sp³-hybridized carbons (Fsp3) is 0.316. The molecule has 29 heavy (non-hydrogen) atoms. The summed E-state index contributed by atoms with van der Waals surface area (Å²) in [4.78, 5) is 14.8. The minimum Gasteiger partial charge on any atom is -0.434 e. The summed E-state index contributed by atoms with van der Waals surface area (Å²) in [5.41, 5.74) is 2.17. The third-order valence-electron chi connectivity index (χ3n) is 3.76. The molecule has 0 saturated carbocycles. The van der Waals surface area contributed by atoms with E-state index in [9.17, 15) is 18.9 Å². The molecular weight excluding hydrogens is 497 g/mol. The minimum absolute atomic E-state index is 0. The lowest BCUT2D eigenvalue weighted by Gasteiger charge is -2.15. The first-order chi connectivity index (χ1) is 13.4. The Bertz CT molecular complexity index is 850. The molecule has 0 saturated heterocycles. The van der Waals surface area contributed by atoms with Crippen molar-refractivity contribution in [3.8, 4) is 5.75 Å². The van der Waals surface area contributed by atoms with Gasteiger partial charge in [-0.25, -0.2) is 4.99 Å². The molecule has 0 fully saturated rings. The fourth-order valence-electron chi connectivity index (χ4n) is 2.52. The van der Waals surface area contributed by atoms with Crippen LogP contribution >= 0.6 is 24.0 Å². The molecule has 2 rings (SSSR count). The molecule has 0 aliphatic carbocycles. The highest BCUT2D eigenvalue weighted by Gasteiger charge is 2.11. The van der Waals surface area contributed by atoms with Crippen LogP contribution in [0.4, 0.5) is 14.5 Å². The maximum atomic E-state index is 12.6. The summed E-state index contributed by atoms with van der Waals surface area (Å²) in [6.45, 7) is 1.89. The maximum Gasteiger partial charge on any atom is 0.387 e. The van der Waals surface area contributed by atoms with Crippen LogP contribution < -0.4 is 15.4 Å². The van der Waals surface area contributed by atoms with Crippen LogP contribution in [0.3, 0.4) is 0 Å². The second-order valence-corrected chi connectivity index (χ2v) is 5.97. The predicted octanol–water partition coefficient (Wildman–Crippen LogP) is 4.38. The highest BCUT2D eigenvalue weighted by atomic mass is 127. The summed E-state index contributed by atoms with van der Waals surface area (Å²) in [5.74, 6) is 0.557. The van der Waals surface area contributed by atoms with Gasteiger partial charge in [-0.05, 0) is 25.5 Å². The van der Waals surface area contributed by atoms with Gasteiger partial charge < -0.3 is 15.4 Å². The Morgan fingerprint density at radius 3 is 2.66 bits per heavy atom. The van der Waals surface area contributed by atoms with E-state index in [1.807, 2.05) is 13.8 Å². The zero-order valence-electron chi connectivity index (χ0n) is 16.0. The molecule has 0 atom stereocenters.